The second-order valence-corrected chi connectivity index (χ2v) is 4.09. The van der Waals surface area contributed by atoms with Crippen molar-refractivity contribution in [1.82, 2.24) is 15.8 Å². The highest BCUT2D eigenvalue weighted by atomic mass is 16.3. The lowest BCUT2D eigenvalue weighted by molar-refractivity contribution is 0.0842. The third-order valence-corrected chi connectivity index (χ3v) is 2.67. The minimum absolute atomic E-state index is 0.0892. The van der Waals surface area contributed by atoms with E-state index in [0.29, 0.717) is 5.56 Å². The minimum Gasteiger partial charge on any atom is -0.507 e. The maximum Gasteiger partial charge on any atom is 0.288 e. The van der Waals surface area contributed by atoms with Gasteiger partial charge in [-0.25, -0.2) is 0 Å². The average molecular weight is 271 g/mol. The molecule has 2 aromatic rings. The highest BCUT2D eigenvalue weighted by Crippen LogP contribution is 2.20. The van der Waals surface area contributed by atoms with Crippen LogP contribution in [0.4, 0.5) is 0 Å². The highest BCUT2D eigenvalue weighted by molar-refractivity contribution is 6.00. The molecular formula is C14H13N3O3. The van der Waals surface area contributed by atoms with Crippen molar-refractivity contribution < 1.29 is 14.7 Å². The maximum atomic E-state index is 11.8. The number of hydrogen-bond acceptors (Lipinski definition) is 4. The van der Waals surface area contributed by atoms with Crippen LogP contribution in [0.3, 0.4) is 0 Å². The molecule has 0 aliphatic carbocycles. The molecule has 0 fully saturated rings. The molecule has 1 aromatic carbocycles. The number of benzene rings is 1. The molecule has 0 aliphatic rings. The lowest BCUT2D eigenvalue weighted by Gasteiger charge is -2.09. The zero-order valence-corrected chi connectivity index (χ0v) is 10.8. The first-order valence-corrected chi connectivity index (χ1v) is 5.90. The molecule has 6 nitrogen and oxygen atoms in total. The number of nitrogens with one attached hydrogen (secondary N) is 2. The van der Waals surface area contributed by atoms with Gasteiger partial charge in [-0.3, -0.25) is 25.4 Å². The number of hydrazine groups is 1. The molecule has 3 N–H and O–H groups in total. The standard InChI is InChI=1S/C14H13N3O3/c1-9-5-4-6-10(12(9)18)13(19)16-17-14(20)11-7-2-3-8-15-11/h2-8,18H,1H3,(H,16,19)(H,17,20). The van der Waals surface area contributed by atoms with E-state index in [9.17, 15) is 14.7 Å². The summed E-state index contributed by atoms with van der Waals surface area (Å²) in [5.41, 5.74) is 5.31. The van der Waals surface area contributed by atoms with E-state index in [-0.39, 0.29) is 17.0 Å². The number of phenolic OH excluding ortho intramolecular Hbond substituents is 1. The quantitative estimate of drug-likeness (QED) is 0.715. The van der Waals surface area contributed by atoms with Crippen LogP contribution in [0.1, 0.15) is 26.4 Å². The third-order valence-electron chi connectivity index (χ3n) is 2.67. The van der Waals surface area contributed by atoms with Crippen molar-refractivity contribution in [3.05, 3.63) is 59.4 Å². The van der Waals surface area contributed by atoms with E-state index in [2.05, 4.69) is 15.8 Å². The van der Waals surface area contributed by atoms with Gasteiger partial charge in [0.1, 0.15) is 11.4 Å². The van der Waals surface area contributed by atoms with Gasteiger partial charge in [-0.15, -0.1) is 0 Å². The number of phenols is 1. The van der Waals surface area contributed by atoms with E-state index in [1.54, 1.807) is 31.2 Å². The number of hydrogen-bond donors (Lipinski definition) is 3. The largest absolute Gasteiger partial charge is 0.507 e. The van der Waals surface area contributed by atoms with Crippen molar-refractivity contribution >= 4 is 11.8 Å². The molecule has 1 aromatic heterocycles. The number of aryl methyl sites for hydroxylation is 1. The summed E-state index contributed by atoms with van der Waals surface area (Å²) < 4.78 is 0. The molecular weight excluding hydrogens is 258 g/mol. The molecule has 0 radical (unpaired) electrons. The molecule has 1 heterocycles. The molecule has 0 bridgehead atoms. The van der Waals surface area contributed by atoms with Gasteiger partial charge in [-0.1, -0.05) is 18.2 Å². The molecule has 0 saturated carbocycles. The Morgan fingerprint density at radius 2 is 1.80 bits per heavy atom. The molecule has 0 atom stereocenters. The molecule has 0 saturated heterocycles. The molecule has 2 rings (SSSR count). The number of para-hydroxylation sites is 1. The first-order valence-electron chi connectivity index (χ1n) is 5.90. The van der Waals surface area contributed by atoms with E-state index >= 15 is 0 Å². The van der Waals surface area contributed by atoms with Gasteiger partial charge in [-0.2, -0.15) is 0 Å². The van der Waals surface area contributed by atoms with Crippen LogP contribution in [0.2, 0.25) is 0 Å². The Balaban J connectivity index is 2.03. The fourth-order valence-electron chi connectivity index (χ4n) is 1.58. The molecule has 2 amide bonds. The molecule has 102 valence electrons. The van der Waals surface area contributed by atoms with Crippen LogP contribution >= 0.6 is 0 Å². The van der Waals surface area contributed by atoms with Crippen molar-refractivity contribution in [2.24, 2.45) is 0 Å². The van der Waals surface area contributed by atoms with Crippen molar-refractivity contribution in [2.45, 2.75) is 6.92 Å². The van der Waals surface area contributed by atoms with Crippen LogP contribution in [0, 0.1) is 6.92 Å². The van der Waals surface area contributed by atoms with Gasteiger partial charge in [0.05, 0.1) is 5.56 Å². The molecule has 0 spiro atoms. The van der Waals surface area contributed by atoms with Gasteiger partial charge in [-0.05, 0) is 30.7 Å². The van der Waals surface area contributed by atoms with Gasteiger partial charge in [0.2, 0.25) is 0 Å². The van der Waals surface area contributed by atoms with E-state index < -0.39 is 11.8 Å². The Hall–Kier alpha value is -2.89. The second-order valence-electron chi connectivity index (χ2n) is 4.09. The monoisotopic (exact) mass is 271 g/mol. The minimum atomic E-state index is -0.601. The predicted octanol–water partition coefficient (Wildman–Crippen LogP) is 1.17. The molecule has 0 unspecified atom stereocenters. The number of aromatic hydroxyl groups is 1. The summed E-state index contributed by atoms with van der Waals surface area (Å²) >= 11 is 0. The smallest absolute Gasteiger partial charge is 0.288 e. The number of pyridine rings is 1. The predicted molar refractivity (Wildman–Crippen MR) is 72.0 cm³/mol. The summed E-state index contributed by atoms with van der Waals surface area (Å²) in [5, 5.41) is 9.76. The summed E-state index contributed by atoms with van der Waals surface area (Å²) in [6.45, 7) is 1.68. The Morgan fingerprint density at radius 3 is 2.50 bits per heavy atom. The Kier molecular flexibility index (Phi) is 3.95. The first-order chi connectivity index (χ1) is 9.59. The summed E-state index contributed by atoms with van der Waals surface area (Å²) in [7, 11) is 0. The number of aromatic nitrogens is 1. The van der Waals surface area contributed by atoms with E-state index in [4.69, 9.17) is 0 Å². The van der Waals surface area contributed by atoms with E-state index in [0.717, 1.165) is 0 Å². The summed E-state index contributed by atoms with van der Waals surface area (Å²) in [5.74, 6) is -1.25. The Bertz CT molecular complexity index is 641. The van der Waals surface area contributed by atoms with Gasteiger partial charge in [0.25, 0.3) is 11.8 Å². The van der Waals surface area contributed by atoms with Crippen LogP contribution in [-0.2, 0) is 0 Å². The third kappa shape index (κ3) is 2.92. The highest BCUT2D eigenvalue weighted by Gasteiger charge is 2.13. The number of carbonyl (C=O) groups is 2. The molecule has 20 heavy (non-hydrogen) atoms. The van der Waals surface area contributed by atoms with Crippen LogP contribution in [0.25, 0.3) is 0 Å². The van der Waals surface area contributed by atoms with E-state index in [1.807, 2.05) is 0 Å². The lowest BCUT2D eigenvalue weighted by Crippen LogP contribution is -2.42. The van der Waals surface area contributed by atoms with Crippen LogP contribution in [0.5, 0.6) is 5.75 Å². The molecule has 0 aliphatic heterocycles. The number of rotatable bonds is 2. The fraction of sp³-hybridized carbons (Fsp3) is 0.0714. The summed E-state index contributed by atoms with van der Waals surface area (Å²) in [6.07, 6.45) is 1.48. The average Bonchev–Trinajstić information content (AvgIpc) is 2.48. The van der Waals surface area contributed by atoms with Crippen molar-refractivity contribution in [3.63, 3.8) is 0 Å². The van der Waals surface area contributed by atoms with Crippen LogP contribution < -0.4 is 10.9 Å². The van der Waals surface area contributed by atoms with Crippen molar-refractivity contribution in [2.75, 3.05) is 0 Å². The molecule has 6 heteroatoms. The summed E-state index contributed by atoms with van der Waals surface area (Å²) in [4.78, 5) is 27.4. The Labute approximate surface area is 115 Å². The zero-order valence-electron chi connectivity index (χ0n) is 10.8. The van der Waals surface area contributed by atoms with E-state index in [1.165, 1.54) is 18.3 Å². The van der Waals surface area contributed by atoms with Crippen molar-refractivity contribution in [3.8, 4) is 5.75 Å². The van der Waals surface area contributed by atoms with Crippen LogP contribution in [0.15, 0.2) is 42.6 Å². The van der Waals surface area contributed by atoms with Gasteiger partial charge in [0.15, 0.2) is 0 Å². The number of amides is 2. The van der Waals surface area contributed by atoms with Gasteiger partial charge >= 0.3 is 0 Å². The van der Waals surface area contributed by atoms with Crippen molar-refractivity contribution in [1.29, 1.82) is 0 Å². The zero-order chi connectivity index (χ0) is 14.5. The lowest BCUT2D eigenvalue weighted by atomic mass is 10.1. The summed E-state index contributed by atoms with van der Waals surface area (Å²) in [6, 6.07) is 9.65. The number of carbonyl (C=O) groups excluding carboxylic acids is 2. The maximum absolute atomic E-state index is 11.8. The first kappa shape index (κ1) is 13.5. The number of nitrogens with zero attached hydrogens (tertiary/aromatic N) is 1. The van der Waals surface area contributed by atoms with Gasteiger partial charge < -0.3 is 5.11 Å². The fourth-order valence-corrected chi connectivity index (χ4v) is 1.58. The van der Waals surface area contributed by atoms with Gasteiger partial charge in [0, 0.05) is 6.20 Å². The van der Waals surface area contributed by atoms with Crippen LogP contribution in [-0.4, -0.2) is 21.9 Å². The topological polar surface area (TPSA) is 91.3 Å². The SMILES string of the molecule is Cc1cccc(C(=O)NNC(=O)c2ccccn2)c1O. The normalized spacial score (nSPS) is 9.85. The second kappa shape index (κ2) is 5.83. The Morgan fingerprint density at radius 1 is 1.05 bits per heavy atom.